The minimum absolute atomic E-state index is 0.233. The second-order valence-corrected chi connectivity index (χ2v) is 3.83. The zero-order valence-electron chi connectivity index (χ0n) is 8.76. The molecule has 2 N–H and O–H groups in total. The van der Waals surface area contributed by atoms with Crippen molar-refractivity contribution in [3.05, 3.63) is 0 Å². The summed E-state index contributed by atoms with van der Waals surface area (Å²) < 4.78 is 5.08. The Hall–Kier alpha value is -0.610. The van der Waals surface area contributed by atoms with Gasteiger partial charge in [0.15, 0.2) is 0 Å². The minimum atomic E-state index is -0.607. The van der Waals surface area contributed by atoms with Crippen LogP contribution in [0.3, 0.4) is 0 Å². The SMILES string of the molecule is CCN[C@@H](CO)C(=O)OC(C)(C)C. The average molecular weight is 189 g/mol. The Kier molecular flexibility index (Phi) is 4.95. The normalized spacial score (nSPS) is 13.9. The lowest BCUT2D eigenvalue weighted by atomic mass is 10.2. The van der Waals surface area contributed by atoms with Crippen LogP contribution in [-0.4, -0.2) is 35.9 Å². The number of nitrogens with one attached hydrogen (secondary N) is 1. The minimum Gasteiger partial charge on any atom is -0.459 e. The summed E-state index contributed by atoms with van der Waals surface area (Å²) >= 11 is 0. The van der Waals surface area contributed by atoms with E-state index in [4.69, 9.17) is 9.84 Å². The molecule has 0 aliphatic rings. The van der Waals surface area contributed by atoms with E-state index in [0.717, 1.165) is 0 Å². The van der Waals surface area contributed by atoms with Gasteiger partial charge in [-0.25, -0.2) is 0 Å². The zero-order valence-corrected chi connectivity index (χ0v) is 8.76. The molecule has 4 heteroatoms. The first kappa shape index (κ1) is 12.4. The van der Waals surface area contributed by atoms with Crippen molar-refractivity contribution in [3.63, 3.8) is 0 Å². The highest BCUT2D eigenvalue weighted by Gasteiger charge is 2.23. The first-order valence-electron chi connectivity index (χ1n) is 4.47. The molecular formula is C9H19NO3. The predicted molar refractivity (Wildman–Crippen MR) is 50.4 cm³/mol. The number of esters is 1. The van der Waals surface area contributed by atoms with Gasteiger partial charge in [0, 0.05) is 0 Å². The quantitative estimate of drug-likeness (QED) is 0.624. The third kappa shape index (κ3) is 5.60. The Morgan fingerprint density at radius 3 is 2.38 bits per heavy atom. The van der Waals surface area contributed by atoms with E-state index in [9.17, 15) is 4.79 Å². The maximum Gasteiger partial charge on any atom is 0.326 e. The van der Waals surface area contributed by atoms with Crippen molar-refractivity contribution in [2.75, 3.05) is 13.2 Å². The van der Waals surface area contributed by atoms with E-state index in [1.165, 1.54) is 0 Å². The van der Waals surface area contributed by atoms with Crippen molar-refractivity contribution in [2.24, 2.45) is 0 Å². The topological polar surface area (TPSA) is 58.6 Å². The molecule has 0 bridgehead atoms. The maximum absolute atomic E-state index is 11.3. The molecule has 0 heterocycles. The summed E-state index contributed by atoms with van der Waals surface area (Å²) in [5.41, 5.74) is -0.500. The van der Waals surface area contributed by atoms with Crippen molar-refractivity contribution in [2.45, 2.75) is 39.3 Å². The molecule has 4 nitrogen and oxygen atoms in total. The van der Waals surface area contributed by atoms with Crippen LogP contribution in [0.2, 0.25) is 0 Å². The van der Waals surface area contributed by atoms with E-state index < -0.39 is 17.6 Å². The molecule has 0 aromatic rings. The fraction of sp³-hybridized carbons (Fsp3) is 0.889. The third-order valence-electron chi connectivity index (χ3n) is 1.32. The molecule has 0 spiro atoms. The van der Waals surface area contributed by atoms with Crippen LogP contribution in [-0.2, 0) is 9.53 Å². The summed E-state index contributed by atoms with van der Waals surface area (Å²) in [6.45, 7) is 7.65. The van der Waals surface area contributed by atoms with E-state index in [1.807, 2.05) is 6.92 Å². The molecule has 0 aromatic heterocycles. The van der Waals surface area contributed by atoms with Crippen molar-refractivity contribution in [3.8, 4) is 0 Å². The number of likely N-dealkylation sites (N-methyl/N-ethyl adjacent to an activating group) is 1. The van der Waals surface area contributed by atoms with E-state index >= 15 is 0 Å². The summed E-state index contributed by atoms with van der Waals surface area (Å²) in [6, 6.07) is -0.607. The van der Waals surface area contributed by atoms with Gasteiger partial charge in [-0.1, -0.05) is 6.92 Å². The summed E-state index contributed by atoms with van der Waals surface area (Å²) in [4.78, 5) is 11.3. The van der Waals surface area contributed by atoms with Gasteiger partial charge in [-0.2, -0.15) is 0 Å². The predicted octanol–water partition coefficient (Wildman–Crippen LogP) is 0.298. The van der Waals surface area contributed by atoms with Crippen molar-refractivity contribution in [1.82, 2.24) is 5.32 Å². The molecule has 0 fully saturated rings. The molecule has 0 rings (SSSR count). The van der Waals surface area contributed by atoms with Gasteiger partial charge in [0.05, 0.1) is 6.61 Å². The number of hydrogen-bond donors (Lipinski definition) is 2. The Morgan fingerprint density at radius 2 is 2.08 bits per heavy atom. The van der Waals surface area contributed by atoms with Crippen LogP contribution in [0, 0.1) is 0 Å². The molecule has 0 aliphatic carbocycles. The van der Waals surface area contributed by atoms with E-state index in [-0.39, 0.29) is 6.61 Å². The number of aliphatic hydroxyl groups is 1. The number of rotatable bonds is 4. The van der Waals surface area contributed by atoms with E-state index in [2.05, 4.69) is 5.32 Å². The molecule has 0 unspecified atom stereocenters. The molecule has 1 atom stereocenters. The van der Waals surface area contributed by atoms with Gasteiger partial charge in [0.1, 0.15) is 11.6 Å². The molecule has 13 heavy (non-hydrogen) atoms. The maximum atomic E-state index is 11.3. The fourth-order valence-electron chi connectivity index (χ4n) is 0.842. The van der Waals surface area contributed by atoms with Crippen molar-refractivity contribution in [1.29, 1.82) is 0 Å². The average Bonchev–Trinajstić information content (AvgIpc) is 1.96. The fourth-order valence-corrected chi connectivity index (χ4v) is 0.842. The summed E-state index contributed by atoms with van der Waals surface area (Å²) in [5.74, 6) is -0.406. The van der Waals surface area contributed by atoms with Crippen molar-refractivity contribution >= 4 is 5.97 Å². The highest BCUT2D eigenvalue weighted by atomic mass is 16.6. The van der Waals surface area contributed by atoms with Gasteiger partial charge in [-0.05, 0) is 27.3 Å². The molecule has 0 saturated carbocycles. The van der Waals surface area contributed by atoms with Gasteiger partial charge in [0.2, 0.25) is 0 Å². The number of hydrogen-bond acceptors (Lipinski definition) is 4. The van der Waals surface area contributed by atoms with Gasteiger partial charge in [-0.3, -0.25) is 4.79 Å². The van der Waals surface area contributed by atoms with Gasteiger partial charge in [-0.15, -0.1) is 0 Å². The first-order chi connectivity index (χ1) is 5.90. The molecule has 0 aliphatic heterocycles. The molecule has 0 amide bonds. The van der Waals surface area contributed by atoms with Gasteiger partial charge in [0.25, 0.3) is 0 Å². The largest absolute Gasteiger partial charge is 0.459 e. The van der Waals surface area contributed by atoms with Crippen LogP contribution in [0.4, 0.5) is 0 Å². The number of aliphatic hydroxyl groups excluding tert-OH is 1. The molecular weight excluding hydrogens is 170 g/mol. The van der Waals surface area contributed by atoms with Crippen LogP contribution in [0.15, 0.2) is 0 Å². The van der Waals surface area contributed by atoms with Gasteiger partial charge >= 0.3 is 5.97 Å². The highest BCUT2D eigenvalue weighted by Crippen LogP contribution is 2.08. The highest BCUT2D eigenvalue weighted by molar-refractivity contribution is 5.76. The summed E-state index contributed by atoms with van der Waals surface area (Å²) in [7, 11) is 0. The smallest absolute Gasteiger partial charge is 0.326 e. The van der Waals surface area contributed by atoms with Crippen LogP contribution < -0.4 is 5.32 Å². The number of carbonyl (C=O) groups excluding carboxylic acids is 1. The van der Waals surface area contributed by atoms with E-state index in [0.29, 0.717) is 6.54 Å². The second-order valence-electron chi connectivity index (χ2n) is 3.83. The molecule has 0 saturated heterocycles. The van der Waals surface area contributed by atoms with Crippen LogP contribution >= 0.6 is 0 Å². The Labute approximate surface area is 79.3 Å². The third-order valence-corrected chi connectivity index (χ3v) is 1.32. The Morgan fingerprint density at radius 1 is 1.54 bits per heavy atom. The second kappa shape index (κ2) is 5.19. The standard InChI is InChI=1S/C9H19NO3/c1-5-10-7(6-11)8(12)13-9(2,3)4/h7,10-11H,5-6H2,1-4H3/t7-/m0/s1. The lowest BCUT2D eigenvalue weighted by molar-refractivity contribution is -0.158. The summed E-state index contributed by atoms with van der Waals surface area (Å²) in [5, 5.41) is 11.7. The molecule has 0 radical (unpaired) electrons. The first-order valence-corrected chi connectivity index (χ1v) is 4.47. The lowest BCUT2D eigenvalue weighted by Crippen LogP contribution is -2.43. The van der Waals surface area contributed by atoms with Crippen LogP contribution in [0.1, 0.15) is 27.7 Å². The Bertz CT molecular complexity index is 163. The van der Waals surface area contributed by atoms with Crippen LogP contribution in [0.25, 0.3) is 0 Å². The molecule has 78 valence electrons. The monoisotopic (exact) mass is 189 g/mol. The lowest BCUT2D eigenvalue weighted by Gasteiger charge is -2.23. The zero-order chi connectivity index (χ0) is 10.5. The molecule has 0 aromatic carbocycles. The number of ether oxygens (including phenoxy) is 1. The summed E-state index contributed by atoms with van der Waals surface area (Å²) in [6.07, 6.45) is 0. The van der Waals surface area contributed by atoms with Crippen LogP contribution in [0.5, 0.6) is 0 Å². The van der Waals surface area contributed by atoms with Gasteiger partial charge < -0.3 is 15.2 Å². The van der Waals surface area contributed by atoms with Crippen molar-refractivity contribution < 1.29 is 14.6 Å². The number of carbonyl (C=O) groups is 1. The Balaban J connectivity index is 4.06. The van der Waals surface area contributed by atoms with E-state index in [1.54, 1.807) is 20.8 Å².